The lowest BCUT2D eigenvalue weighted by atomic mass is 9.99. The van der Waals surface area contributed by atoms with Crippen molar-refractivity contribution in [1.29, 1.82) is 0 Å². The number of benzene rings is 2. The SMILES string of the molecule is CNC(c1cc(Cl)cc(Br)c1)c1cccc(Cl)c1Cl. The average Bonchev–Trinajstić information content (AvgIpc) is 2.34. The van der Waals surface area contributed by atoms with Gasteiger partial charge in [-0.3, -0.25) is 0 Å². The molecule has 19 heavy (non-hydrogen) atoms. The molecule has 2 aromatic rings. The van der Waals surface area contributed by atoms with E-state index in [4.69, 9.17) is 34.8 Å². The molecule has 0 saturated heterocycles. The van der Waals surface area contributed by atoms with Crippen molar-refractivity contribution in [2.45, 2.75) is 6.04 Å². The standard InChI is InChI=1S/C14H11BrCl3N/c1-19-14(8-5-9(15)7-10(16)6-8)11-3-2-4-12(17)13(11)18/h2-7,14,19H,1H3. The highest BCUT2D eigenvalue weighted by molar-refractivity contribution is 9.10. The molecule has 0 saturated carbocycles. The van der Waals surface area contributed by atoms with Crippen LogP contribution in [-0.4, -0.2) is 7.05 Å². The summed E-state index contributed by atoms with van der Waals surface area (Å²) in [7, 11) is 1.87. The Morgan fingerprint density at radius 2 is 1.84 bits per heavy atom. The summed E-state index contributed by atoms with van der Waals surface area (Å²) >= 11 is 21.9. The van der Waals surface area contributed by atoms with E-state index in [2.05, 4.69) is 21.2 Å². The molecule has 0 aliphatic carbocycles. The molecule has 2 aromatic carbocycles. The van der Waals surface area contributed by atoms with Crippen LogP contribution < -0.4 is 5.32 Å². The van der Waals surface area contributed by atoms with Crippen LogP contribution in [0.3, 0.4) is 0 Å². The van der Waals surface area contributed by atoms with Crippen LogP contribution in [0.25, 0.3) is 0 Å². The van der Waals surface area contributed by atoms with Gasteiger partial charge >= 0.3 is 0 Å². The first-order valence-corrected chi connectivity index (χ1v) is 7.52. The van der Waals surface area contributed by atoms with Gasteiger partial charge in [0.2, 0.25) is 0 Å². The molecule has 0 aliphatic rings. The van der Waals surface area contributed by atoms with Gasteiger partial charge in [-0.2, -0.15) is 0 Å². The summed E-state index contributed by atoms with van der Waals surface area (Å²) in [6, 6.07) is 11.3. The average molecular weight is 380 g/mol. The predicted molar refractivity (Wildman–Crippen MR) is 86.5 cm³/mol. The number of halogens is 4. The normalized spacial score (nSPS) is 12.5. The summed E-state index contributed by atoms with van der Waals surface area (Å²) in [6.07, 6.45) is 0. The van der Waals surface area contributed by atoms with Crippen molar-refractivity contribution < 1.29 is 0 Å². The summed E-state index contributed by atoms with van der Waals surface area (Å²) in [5, 5.41) is 5.00. The fraction of sp³-hybridized carbons (Fsp3) is 0.143. The van der Waals surface area contributed by atoms with Gasteiger partial charge in [-0.05, 0) is 42.4 Å². The maximum Gasteiger partial charge on any atom is 0.0643 e. The van der Waals surface area contributed by atoms with E-state index in [0.717, 1.165) is 15.6 Å². The minimum atomic E-state index is -0.0683. The quantitative estimate of drug-likeness (QED) is 0.719. The molecule has 1 nitrogen and oxygen atoms in total. The van der Waals surface area contributed by atoms with Crippen LogP contribution in [0.1, 0.15) is 17.2 Å². The summed E-state index contributed by atoms with van der Waals surface area (Å²) in [5.41, 5.74) is 1.94. The summed E-state index contributed by atoms with van der Waals surface area (Å²) < 4.78 is 0.924. The first-order valence-electron chi connectivity index (χ1n) is 5.60. The smallest absolute Gasteiger partial charge is 0.0643 e. The highest BCUT2D eigenvalue weighted by Gasteiger charge is 2.17. The molecule has 0 heterocycles. The Morgan fingerprint density at radius 1 is 1.11 bits per heavy atom. The number of rotatable bonds is 3. The highest BCUT2D eigenvalue weighted by atomic mass is 79.9. The fourth-order valence-corrected chi connectivity index (χ4v) is 3.29. The van der Waals surface area contributed by atoms with Gasteiger partial charge in [-0.15, -0.1) is 0 Å². The maximum atomic E-state index is 6.28. The molecule has 2 rings (SSSR count). The minimum Gasteiger partial charge on any atom is -0.309 e. The van der Waals surface area contributed by atoms with Crippen molar-refractivity contribution in [2.24, 2.45) is 0 Å². The third kappa shape index (κ3) is 3.45. The molecule has 0 aliphatic heterocycles. The first kappa shape index (κ1) is 15.1. The van der Waals surface area contributed by atoms with E-state index >= 15 is 0 Å². The summed E-state index contributed by atoms with van der Waals surface area (Å²) in [5.74, 6) is 0. The van der Waals surface area contributed by atoms with E-state index in [1.165, 1.54) is 0 Å². The number of nitrogens with one attached hydrogen (secondary N) is 1. The zero-order valence-corrected chi connectivity index (χ0v) is 13.9. The minimum absolute atomic E-state index is 0.0683. The maximum absolute atomic E-state index is 6.28. The Balaban J connectivity index is 2.53. The molecule has 0 amide bonds. The molecule has 0 spiro atoms. The van der Waals surface area contributed by atoms with Gasteiger partial charge in [0.1, 0.15) is 0 Å². The Hall–Kier alpha value is -0.250. The lowest BCUT2D eigenvalue weighted by Crippen LogP contribution is -2.18. The van der Waals surface area contributed by atoms with Crippen LogP contribution in [0.5, 0.6) is 0 Å². The molecule has 5 heteroatoms. The van der Waals surface area contributed by atoms with Gasteiger partial charge in [0.05, 0.1) is 16.1 Å². The monoisotopic (exact) mass is 377 g/mol. The Labute approximate surface area is 136 Å². The molecule has 1 unspecified atom stereocenters. The fourth-order valence-electron chi connectivity index (χ4n) is 1.99. The summed E-state index contributed by atoms with van der Waals surface area (Å²) in [6.45, 7) is 0. The van der Waals surface area contributed by atoms with Gasteiger partial charge in [0.25, 0.3) is 0 Å². The number of hydrogen-bond acceptors (Lipinski definition) is 1. The van der Waals surface area contributed by atoms with Gasteiger partial charge in [0.15, 0.2) is 0 Å². The van der Waals surface area contributed by atoms with Crippen LogP contribution in [-0.2, 0) is 0 Å². The second kappa shape index (κ2) is 6.47. The van der Waals surface area contributed by atoms with Crippen LogP contribution >= 0.6 is 50.7 Å². The van der Waals surface area contributed by atoms with Crippen molar-refractivity contribution >= 4 is 50.7 Å². The van der Waals surface area contributed by atoms with Crippen LogP contribution in [0.2, 0.25) is 15.1 Å². The van der Waals surface area contributed by atoms with Gasteiger partial charge in [-0.1, -0.05) is 62.9 Å². The first-order chi connectivity index (χ1) is 9.02. The predicted octanol–water partition coefficient (Wildman–Crippen LogP) is 5.72. The van der Waals surface area contributed by atoms with E-state index in [1.807, 2.05) is 37.4 Å². The van der Waals surface area contributed by atoms with E-state index in [-0.39, 0.29) is 6.04 Å². The summed E-state index contributed by atoms with van der Waals surface area (Å²) in [4.78, 5) is 0. The molecular formula is C14H11BrCl3N. The van der Waals surface area contributed by atoms with Crippen molar-refractivity contribution in [1.82, 2.24) is 5.32 Å². The Kier molecular flexibility index (Phi) is 5.15. The van der Waals surface area contributed by atoms with E-state index < -0.39 is 0 Å². The zero-order chi connectivity index (χ0) is 14.0. The van der Waals surface area contributed by atoms with Crippen molar-refractivity contribution in [3.05, 3.63) is 67.1 Å². The molecule has 0 aromatic heterocycles. The topological polar surface area (TPSA) is 12.0 Å². The molecule has 0 fully saturated rings. The molecular weight excluding hydrogens is 368 g/mol. The Morgan fingerprint density at radius 3 is 2.47 bits per heavy atom. The highest BCUT2D eigenvalue weighted by Crippen LogP contribution is 2.34. The third-order valence-electron chi connectivity index (χ3n) is 2.80. The van der Waals surface area contributed by atoms with E-state index in [9.17, 15) is 0 Å². The molecule has 0 bridgehead atoms. The van der Waals surface area contributed by atoms with Gasteiger partial charge in [0, 0.05) is 9.50 Å². The molecule has 100 valence electrons. The second-order valence-corrected chi connectivity index (χ2v) is 6.20. The largest absolute Gasteiger partial charge is 0.309 e. The number of hydrogen-bond donors (Lipinski definition) is 1. The zero-order valence-electron chi connectivity index (χ0n) is 10.1. The van der Waals surface area contributed by atoms with Crippen molar-refractivity contribution in [2.75, 3.05) is 7.05 Å². The molecule has 1 N–H and O–H groups in total. The lowest BCUT2D eigenvalue weighted by Gasteiger charge is -2.19. The van der Waals surface area contributed by atoms with Crippen LogP contribution in [0.15, 0.2) is 40.9 Å². The Bertz CT molecular complexity index is 581. The van der Waals surface area contributed by atoms with Crippen LogP contribution in [0.4, 0.5) is 0 Å². The van der Waals surface area contributed by atoms with Crippen molar-refractivity contribution in [3.8, 4) is 0 Å². The van der Waals surface area contributed by atoms with Crippen molar-refractivity contribution in [3.63, 3.8) is 0 Å². The second-order valence-electron chi connectivity index (χ2n) is 4.07. The lowest BCUT2D eigenvalue weighted by molar-refractivity contribution is 0.692. The van der Waals surface area contributed by atoms with E-state index in [1.54, 1.807) is 6.07 Å². The third-order valence-corrected chi connectivity index (χ3v) is 4.31. The van der Waals surface area contributed by atoms with E-state index in [0.29, 0.717) is 15.1 Å². The van der Waals surface area contributed by atoms with Crippen LogP contribution in [0, 0.1) is 0 Å². The van der Waals surface area contributed by atoms with Gasteiger partial charge < -0.3 is 5.32 Å². The molecule has 1 atom stereocenters. The van der Waals surface area contributed by atoms with Gasteiger partial charge in [-0.25, -0.2) is 0 Å². The molecule has 0 radical (unpaired) electrons.